The quantitative estimate of drug-likeness (QED) is 0.0190. The number of benzene rings is 2. The zero-order chi connectivity index (χ0) is 68.3. The molecule has 4 saturated carbocycles. The maximum Gasteiger partial charge on any atom is 0.453 e. The van der Waals surface area contributed by atoms with E-state index in [-0.39, 0.29) is 107 Å². The average molecular weight is 1520 g/mol. The van der Waals surface area contributed by atoms with Crippen LogP contribution in [0.15, 0.2) is 36.4 Å². The van der Waals surface area contributed by atoms with Crippen molar-refractivity contribution in [2.24, 2.45) is 46.3 Å². The van der Waals surface area contributed by atoms with Gasteiger partial charge in [0, 0.05) is 64.6 Å². The molecule has 0 heterocycles. The van der Waals surface area contributed by atoms with E-state index < -0.39 is 77.4 Å². The van der Waals surface area contributed by atoms with Crippen molar-refractivity contribution >= 4 is 51.5 Å². The summed E-state index contributed by atoms with van der Waals surface area (Å²) in [6.45, 7) is 10.0. The molecule has 0 spiro atoms. The van der Waals surface area contributed by atoms with Gasteiger partial charge in [-0.2, -0.15) is 43.9 Å². The van der Waals surface area contributed by atoms with Crippen molar-refractivity contribution in [2.75, 3.05) is 116 Å². The Kier molecular flexibility index (Phi) is 32.7. The summed E-state index contributed by atoms with van der Waals surface area (Å²) < 4.78 is 196. The number of ether oxygens (including phenoxy) is 8. The monoisotopic (exact) mass is 1520 g/mol. The van der Waals surface area contributed by atoms with E-state index in [4.69, 9.17) is 37.9 Å². The molecule has 14 nitrogen and oxygen atoms in total. The van der Waals surface area contributed by atoms with Gasteiger partial charge in [0.2, 0.25) is 0 Å². The second-order valence-corrected chi connectivity index (χ2v) is 30.4. The van der Waals surface area contributed by atoms with Gasteiger partial charge in [0.1, 0.15) is 11.5 Å². The topological polar surface area (TPSA) is 186 Å². The van der Waals surface area contributed by atoms with Crippen molar-refractivity contribution in [1.82, 2.24) is 0 Å². The molecule has 2 unspecified atom stereocenters. The highest BCUT2D eigenvalue weighted by atomic mass is 127. The molecule has 0 saturated heterocycles. The van der Waals surface area contributed by atoms with Crippen LogP contribution in [-0.2, 0) is 72.4 Å². The number of rotatable bonds is 38. The molecule has 6 aliphatic carbocycles. The first-order valence-corrected chi connectivity index (χ1v) is 36.6. The molecule has 27 heteroatoms. The highest BCUT2D eigenvalue weighted by molar-refractivity contribution is 14.0. The molecule has 0 aliphatic heterocycles. The number of fused-ring (bicyclic) bond motifs is 10. The number of hydrogen-bond acceptors (Lipinski definition) is 14. The predicted molar refractivity (Wildman–Crippen MR) is 351 cm³/mol. The molecule has 0 bridgehead atoms. The zero-order valence-electron chi connectivity index (χ0n) is 55.0. The maximum absolute atomic E-state index is 13.3. The third kappa shape index (κ3) is 22.8. The molecule has 2 aromatic carbocycles. The highest BCUT2D eigenvalue weighted by Crippen LogP contribution is 2.64. The van der Waals surface area contributed by atoms with Crippen LogP contribution in [0, 0.1) is 46.3 Å². The van der Waals surface area contributed by atoms with E-state index in [2.05, 4.69) is 19.9 Å². The van der Waals surface area contributed by atoms with Crippen LogP contribution in [0.4, 0.5) is 43.9 Å². The van der Waals surface area contributed by atoms with Gasteiger partial charge in [-0.05, 0) is 207 Å². The second kappa shape index (κ2) is 38.1. The number of aliphatic hydroxyl groups excluding tert-OH is 2. The van der Waals surface area contributed by atoms with E-state index in [1.165, 1.54) is 11.1 Å². The smallest absolute Gasteiger partial charge is 0.453 e. The molecule has 0 radical (unpaired) electrons. The number of alkyl halides is 10. The van der Waals surface area contributed by atoms with Crippen LogP contribution in [0.5, 0.6) is 11.5 Å². The summed E-state index contributed by atoms with van der Waals surface area (Å²) in [5.41, 5.74) is 4.43. The van der Waals surface area contributed by atoms with Gasteiger partial charge in [-0.25, -0.2) is 0 Å². The lowest BCUT2D eigenvalue weighted by Gasteiger charge is -2.53. The molecule has 14 atom stereocenters. The van der Waals surface area contributed by atoms with E-state index >= 15 is 0 Å². The first-order valence-electron chi connectivity index (χ1n) is 33.7. The molecule has 0 aromatic heterocycles. The van der Waals surface area contributed by atoms with Gasteiger partial charge in [0.15, 0.2) is 0 Å². The number of carbonyl (C=O) groups is 1. The molecule has 4 fully saturated rings. The van der Waals surface area contributed by atoms with Gasteiger partial charge in [-0.1, -0.05) is 26.0 Å². The lowest BCUT2D eigenvalue weighted by Crippen LogP contribution is -2.47. The minimum absolute atomic E-state index is 0. The summed E-state index contributed by atoms with van der Waals surface area (Å²) in [6, 6.07) is 11.4. The maximum atomic E-state index is 13.3. The third-order valence-corrected chi connectivity index (χ3v) is 24.1. The first-order chi connectivity index (χ1) is 44.6. The summed E-state index contributed by atoms with van der Waals surface area (Å²) in [5.74, 6) is -6.69. The van der Waals surface area contributed by atoms with E-state index in [1.807, 2.05) is 24.3 Å². The molecule has 0 amide bonds. The Morgan fingerprint density at radius 2 is 0.905 bits per heavy atom. The van der Waals surface area contributed by atoms with Gasteiger partial charge in [-0.3, -0.25) is 13.2 Å². The Morgan fingerprint density at radius 3 is 1.32 bits per heavy atom. The normalized spacial score (nSPS) is 27.7. The number of phenols is 1. The van der Waals surface area contributed by atoms with Crippen molar-refractivity contribution in [3.8, 4) is 11.5 Å². The molecule has 95 heavy (non-hydrogen) atoms. The van der Waals surface area contributed by atoms with Crippen LogP contribution >= 0.6 is 24.0 Å². The van der Waals surface area contributed by atoms with Gasteiger partial charge >= 0.3 is 30.2 Å². The lowest BCUT2D eigenvalue weighted by atomic mass is 9.52. The van der Waals surface area contributed by atoms with Crippen LogP contribution in [-0.4, -0.2) is 182 Å². The molecular formula is C68H101F10IO14S2. The standard InChI is InChI=1S/C42H65F5O11S.C26H35F5O3S.HI/c1-40-13-10-35-34-7-6-33(58-38(49)11-14-52-17-18-54-21-22-56-25-26-57-24-23-55-20-19-53-16-15-51-2)30-32(34)29-31(39(35)36(40)8-9-37(40)48)5-3-27-59(50)28-4-12-41(43,44)42(45,46)47;1-24-11-9-20-19-6-5-18(32)15-17(19)14-16(23(20)21(24)7-8-22(24)33)4-2-12-35(34)13-3-10-25(27,28)26(29,30)31;/h6-7,30-31,35-37,39,48H,3-5,8-29H2,1-2H3;5-6,15-16,20-23,32-33H,2-4,7-14H2,1H3;1H/t31-,35-,36+,37+,39-,40+,59?;16-,20-,21+,22+,23-,24+,35?;/m11./s1. The largest absolute Gasteiger partial charge is 0.508 e. The Bertz CT molecular complexity index is 2700. The fourth-order valence-corrected chi connectivity index (χ4v) is 18.5. The Hall–Kier alpha value is -2.32. The summed E-state index contributed by atoms with van der Waals surface area (Å²) in [7, 11) is -1.33. The first kappa shape index (κ1) is 81.6. The summed E-state index contributed by atoms with van der Waals surface area (Å²) in [5, 5.41) is 31.7. The van der Waals surface area contributed by atoms with Crippen molar-refractivity contribution in [3.05, 3.63) is 58.7 Å². The second-order valence-electron chi connectivity index (χ2n) is 27.0. The Labute approximate surface area is 575 Å². The number of halogens is 11. The fourth-order valence-electron chi connectivity index (χ4n) is 16.2. The van der Waals surface area contributed by atoms with Crippen LogP contribution < -0.4 is 4.74 Å². The summed E-state index contributed by atoms with van der Waals surface area (Å²) in [4.78, 5) is 12.7. The van der Waals surface area contributed by atoms with Crippen molar-refractivity contribution in [2.45, 2.75) is 184 Å². The number of carbonyl (C=O) groups excluding carboxylic acids is 1. The highest BCUT2D eigenvalue weighted by Gasteiger charge is 2.60. The SMILES string of the molecule is COCCOCCOCCOCCOCCOCCOCCC(=O)Oc1ccc2c(c1)C[C@@H](CCCS(=O)CCCC(F)(F)C(F)(F)F)[C@@H]1[C@@H]2CC[C@]2(C)[C@@H](O)CC[C@@H]12.C[C@]12CC[C@@H]3c4ccc(O)cc4C[C@@H](CCCS(=O)CCCC(F)(F)C(F)(F)F)[C@H]3[C@@H]1CC[C@@H]2O.I. The van der Waals surface area contributed by atoms with Gasteiger partial charge in [0.05, 0.1) is 105 Å². The fraction of sp³-hybridized carbons (Fsp3) is 0.809. The summed E-state index contributed by atoms with van der Waals surface area (Å²) in [6.07, 6.45) is -4.08. The number of aliphatic hydroxyl groups is 2. The molecule has 2 aromatic rings. The molecule has 3 N–H and O–H groups in total. The summed E-state index contributed by atoms with van der Waals surface area (Å²) >= 11 is 0. The Morgan fingerprint density at radius 1 is 0.526 bits per heavy atom. The Balaban J connectivity index is 0.000000337. The number of aromatic hydroxyl groups is 1. The van der Waals surface area contributed by atoms with Gasteiger partial charge < -0.3 is 53.2 Å². The van der Waals surface area contributed by atoms with E-state index in [0.29, 0.717) is 140 Å². The van der Waals surface area contributed by atoms with Crippen LogP contribution in [0.1, 0.15) is 157 Å². The minimum atomic E-state index is -5.61. The van der Waals surface area contributed by atoms with Crippen molar-refractivity contribution in [1.29, 1.82) is 0 Å². The van der Waals surface area contributed by atoms with Crippen LogP contribution in [0.3, 0.4) is 0 Å². The molecule has 8 rings (SSSR count). The zero-order valence-corrected chi connectivity index (χ0v) is 59.0. The van der Waals surface area contributed by atoms with E-state index in [9.17, 15) is 72.4 Å². The number of phenolic OH excluding ortho intramolecular Hbond substituents is 1. The van der Waals surface area contributed by atoms with E-state index in [0.717, 1.165) is 75.3 Å². The number of esters is 1. The van der Waals surface area contributed by atoms with Gasteiger partial charge in [0.25, 0.3) is 0 Å². The average Bonchev–Trinajstić information content (AvgIpc) is 1.70. The van der Waals surface area contributed by atoms with Crippen LogP contribution in [0.25, 0.3) is 0 Å². The van der Waals surface area contributed by atoms with E-state index in [1.54, 1.807) is 13.2 Å². The third-order valence-electron chi connectivity index (χ3n) is 21.1. The van der Waals surface area contributed by atoms with Crippen molar-refractivity contribution < 1.29 is 110 Å². The number of methoxy groups -OCH3 is 1. The minimum Gasteiger partial charge on any atom is -0.508 e. The molecule has 6 aliphatic rings. The lowest BCUT2D eigenvalue weighted by molar-refractivity contribution is -0.284. The predicted octanol–water partition coefficient (Wildman–Crippen LogP) is 13.6. The van der Waals surface area contributed by atoms with Gasteiger partial charge in [-0.15, -0.1) is 24.0 Å². The number of hydrogen-bond donors (Lipinski definition) is 3. The van der Waals surface area contributed by atoms with Crippen molar-refractivity contribution in [3.63, 3.8) is 0 Å². The molecular weight excluding hydrogens is 1420 g/mol. The molecule has 546 valence electrons. The van der Waals surface area contributed by atoms with Crippen LogP contribution in [0.2, 0.25) is 0 Å².